The highest BCUT2D eigenvalue weighted by atomic mass is 33.1. The molecule has 0 aliphatic carbocycles. The standard InChI is InChI=1S/C17H26N6O3S2/c1-10(28-27-4)5-11-6-14(26-13(11)8-24)23-15-12(7-19-23)16(25)21-17(20-15)18-9-22(2)3/h7,9-11,13-14,24H,5-6,8H2,1-4H3,(H,20,21,25)/b18-9-/t10-,11+,13+,14+/m0/s1. The fourth-order valence-corrected chi connectivity index (χ4v) is 5.25. The van der Waals surface area contributed by atoms with Gasteiger partial charge in [-0.1, -0.05) is 28.5 Å². The highest BCUT2D eigenvalue weighted by Gasteiger charge is 2.37. The van der Waals surface area contributed by atoms with E-state index in [0.717, 1.165) is 6.42 Å². The number of fused-ring (bicyclic) bond motifs is 1. The molecular weight excluding hydrogens is 400 g/mol. The molecule has 1 saturated heterocycles. The van der Waals surface area contributed by atoms with Crippen LogP contribution in [0.1, 0.15) is 26.0 Å². The first kappa shape index (κ1) is 21.2. The van der Waals surface area contributed by atoms with Crippen molar-refractivity contribution in [3.8, 4) is 0 Å². The number of aliphatic hydroxyl groups is 1. The van der Waals surface area contributed by atoms with Crippen molar-refractivity contribution in [2.75, 3.05) is 27.0 Å². The molecule has 1 fully saturated rings. The SMILES string of the molecule is CSS[C@@H](C)C[C@@H]1C[C@H](n2ncc3c(=O)[nH]c(/N=C\N(C)C)nc32)O[C@@H]1CO. The zero-order valence-corrected chi connectivity index (χ0v) is 18.0. The number of H-pyrrole nitrogens is 1. The van der Waals surface area contributed by atoms with Gasteiger partial charge in [0.2, 0.25) is 5.95 Å². The van der Waals surface area contributed by atoms with E-state index in [0.29, 0.717) is 22.7 Å². The monoisotopic (exact) mass is 426 g/mol. The third kappa shape index (κ3) is 4.70. The lowest BCUT2D eigenvalue weighted by Gasteiger charge is -2.18. The first-order chi connectivity index (χ1) is 13.4. The van der Waals surface area contributed by atoms with Crippen molar-refractivity contribution >= 4 is 44.9 Å². The molecule has 0 saturated carbocycles. The number of aliphatic imine (C=N–C) groups is 1. The Labute approximate surface area is 171 Å². The molecule has 2 aromatic heterocycles. The topological polar surface area (TPSA) is 109 Å². The minimum atomic E-state index is -0.369. The molecule has 154 valence electrons. The molecule has 0 bridgehead atoms. The van der Waals surface area contributed by atoms with Crippen LogP contribution in [0.15, 0.2) is 16.0 Å². The van der Waals surface area contributed by atoms with Gasteiger partial charge in [0.05, 0.1) is 25.2 Å². The molecule has 0 aromatic carbocycles. The lowest BCUT2D eigenvalue weighted by Crippen LogP contribution is -2.22. The van der Waals surface area contributed by atoms with Crippen LogP contribution in [-0.4, -0.2) is 74.4 Å². The summed E-state index contributed by atoms with van der Waals surface area (Å²) in [6.07, 6.45) is 6.17. The zero-order chi connectivity index (χ0) is 20.3. The number of aromatic amines is 1. The van der Waals surface area contributed by atoms with Crippen molar-refractivity contribution in [2.24, 2.45) is 10.9 Å². The molecule has 0 unspecified atom stereocenters. The number of hydrogen-bond acceptors (Lipinski definition) is 8. The normalized spacial score (nSPS) is 23.7. The van der Waals surface area contributed by atoms with Crippen LogP contribution < -0.4 is 5.56 Å². The summed E-state index contributed by atoms with van der Waals surface area (Å²) in [6.45, 7) is 2.14. The number of nitrogens with zero attached hydrogens (tertiary/aromatic N) is 5. The van der Waals surface area contributed by atoms with Gasteiger partial charge in [0.15, 0.2) is 11.9 Å². The van der Waals surface area contributed by atoms with Crippen molar-refractivity contribution in [3.05, 3.63) is 16.6 Å². The van der Waals surface area contributed by atoms with E-state index < -0.39 is 0 Å². The smallest absolute Gasteiger partial charge is 0.263 e. The number of nitrogens with one attached hydrogen (secondary N) is 1. The van der Waals surface area contributed by atoms with Crippen LogP contribution in [0.2, 0.25) is 0 Å². The van der Waals surface area contributed by atoms with Crippen LogP contribution in [0.4, 0.5) is 5.95 Å². The van der Waals surface area contributed by atoms with Crippen LogP contribution in [-0.2, 0) is 4.74 Å². The van der Waals surface area contributed by atoms with Gasteiger partial charge in [-0.05, 0) is 25.0 Å². The molecule has 3 heterocycles. The largest absolute Gasteiger partial charge is 0.394 e. The first-order valence-electron chi connectivity index (χ1n) is 9.06. The molecule has 2 aromatic rings. The van der Waals surface area contributed by atoms with Gasteiger partial charge < -0.3 is 14.7 Å². The zero-order valence-electron chi connectivity index (χ0n) is 16.4. The molecule has 4 atom stereocenters. The molecule has 0 spiro atoms. The highest BCUT2D eigenvalue weighted by Crippen LogP contribution is 2.39. The third-order valence-corrected chi connectivity index (χ3v) is 6.85. The minimum Gasteiger partial charge on any atom is -0.394 e. The van der Waals surface area contributed by atoms with Gasteiger partial charge in [-0.15, -0.1) is 0 Å². The molecule has 9 nitrogen and oxygen atoms in total. The summed E-state index contributed by atoms with van der Waals surface area (Å²) >= 11 is 0. The summed E-state index contributed by atoms with van der Waals surface area (Å²) in [5.41, 5.74) is 0.143. The van der Waals surface area contributed by atoms with Gasteiger partial charge in [0.1, 0.15) is 5.39 Å². The highest BCUT2D eigenvalue weighted by molar-refractivity contribution is 8.76. The maximum Gasteiger partial charge on any atom is 0.263 e. The van der Waals surface area contributed by atoms with Gasteiger partial charge in [0.25, 0.3) is 5.56 Å². The second-order valence-corrected chi connectivity index (χ2v) is 9.95. The lowest BCUT2D eigenvalue weighted by atomic mass is 9.96. The Balaban J connectivity index is 1.87. The van der Waals surface area contributed by atoms with Gasteiger partial charge in [-0.25, -0.2) is 9.67 Å². The third-order valence-electron chi connectivity index (χ3n) is 4.57. The Morgan fingerprint density at radius 1 is 1.57 bits per heavy atom. The van der Waals surface area contributed by atoms with Crippen LogP contribution >= 0.6 is 21.6 Å². The number of aliphatic hydroxyl groups excluding tert-OH is 1. The molecule has 11 heteroatoms. The van der Waals surface area contributed by atoms with Crippen molar-refractivity contribution < 1.29 is 9.84 Å². The van der Waals surface area contributed by atoms with E-state index in [-0.39, 0.29) is 36.4 Å². The molecule has 0 radical (unpaired) electrons. The second kappa shape index (κ2) is 9.29. The summed E-state index contributed by atoms with van der Waals surface area (Å²) < 4.78 is 7.70. The van der Waals surface area contributed by atoms with Gasteiger partial charge in [-0.3, -0.25) is 9.78 Å². The molecule has 1 aliphatic rings. The summed E-state index contributed by atoms with van der Waals surface area (Å²) in [5.74, 6) is 0.434. The number of ether oxygens (including phenoxy) is 1. The van der Waals surface area contributed by atoms with E-state index in [9.17, 15) is 9.90 Å². The molecule has 28 heavy (non-hydrogen) atoms. The number of rotatable bonds is 8. The first-order valence-corrected chi connectivity index (χ1v) is 11.7. The average molecular weight is 427 g/mol. The van der Waals surface area contributed by atoms with Crippen molar-refractivity contribution in [1.29, 1.82) is 0 Å². The van der Waals surface area contributed by atoms with E-state index in [1.807, 2.05) is 24.9 Å². The molecular formula is C17H26N6O3S2. The van der Waals surface area contributed by atoms with Gasteiger partial charge in [-0.2, -0.15) is 10.1 Å². The maximum absolute atomic E-state index is 12.4. The second-order valence-electron chi connectivity index (χ2n) is 7.04. The Kier molecular flexibility index (Phi) is 7.02. The van der Waals surface area contributed by atoms with E-state index in [1.54, 1.807) is 26.7 Å². The Morgan fingerprint density at radius 2 is 2.36 bits per heavy atom. The van der Waals surface area contributed by atoms with E-state index >= 15 is 0 Å². The molecule has 2 N–H and O–H groups in total. The predicted octanol–water partition coefficient (Wildman–Crippen LogP) is 2.03. The van der Waals surface area contributed by atoms with Gasteiger partial charge >= 0.3 is 0 Å². The molecule has 3 rings (SSSR count). The van der Waals surface area contributed by atoms with Crippen LogP contribution in [0, 0.1) is 5.92 Å². The molecule has 0 amide bonds. The van der Waals surface area contributed by atoms with E-state index in [1.165, 1.54) is 6.20 Å². The summed E-state index contributed by atoms with van der Waals surface area (Å²) in [7, 11) is 7.24. The number of hydrogen-bond donors (Lipinski definition) is 2. The average Bonchev–Trinajstić information content (AvgIpc) is 3.24. The van der Waals surface area contributed by atoms with Crippen molar-refractivity contribution in [1.82, 2.24) is 24.6 Å². The van der Waals surface area contributed by atoms with Crippen LogP contribution in [0.5, 0.6) is 0 Å². The molecule has 1 aliphatic heterocycles. The van der Waals surface area contributed by atoms with E-state index in [2.05, 4.69) is 33.2 Å². The number of aromatic nitrogens is 4. The Bertz CT molecular complexity index is 883. The summed E-state index contributed by atoms with van der Waals surface area (Å²) in [5, 5.41) is 15.0. The van der Waals surface area contributed by atoms with E-state index in [4.69, 9.17) is 4.74 Å². The van der Waals surface area contributed by atoms with Gasteiger partial charge in [0, 0.05) is 19.3 Å². The Morgan fingerprint density at radius 3 is 3.04 bits per heavy atom. The van der Waals surface area contributed by atoms with Crippen molar-refractivity contribution in [3.63, 3.8) is 0 Å². The fourth-order valence-electron chi connectivity index (χ4n) is 3.37. The van der Waals surface area contributed by atoms with Crippen molar-refractivity contribution in [2.45, 2.75) is 37.3 Å². The minimum absolute atomic E-state index is 0.0383. The lowest BCUT2D eigenvalue weighted by molar-refractivity contribution is -0.0345. The summed E-state index contributed by atoms with van der Waals surface area (Å²) in [4.78, 5) is 25.4. The van der Waals surface area contributed by atoms with Crippen LogP contribution in [0.25, 0.3) is 11.0 Å². The Hall–Kier alpha value is -1.56. The van der Waals surface area contributed by atoms with Crippen LogP contribution in [0.3, 0.4) is 0 Å². The quantitative estimate of drug-likeness (QED) is 0.375. The summed E-state index contributed by atoms with van der Waals surface area (Å²) in [6, 6.07) is 0. The predicted molar refractivity (Wildman–Crippen MR) is 114 cm³/mol. The fraction of sp³-hybridized carbons (Fsp3) is 0.647. The maximum atomic E-state index is 12.4.